The van der Waals surface area contributed by atoms with Gasteiger partial charge in [0.1, 0.15) is 13.1 Å². The van der Waals surface area contributed by atoms with Crippen LogP contribution < -0.4 is 21.5 Å². The smallest absolute Gasteiger partial charge is 0.257 e. The Morgan fingerprint density at radius 1 is 0.639 bits per heavy atom. The van der Waals surface area contributed by atoms with Gasteiger partial charge < -0.3 is 17.0 Å². The molecule has 0 fully saturated rings. The minimum atomic E-state index is 0. The Bertz CT molecular complexity index is 1530. The van der Waals surface area contributed by atoms with Crippen LogP contribution in [0.4, 0.5) is 0 Å². The molecule has 6 aromatic rings. The molecule has 1 aromatic heterocycles. The normalized spacial score (nSPS) is 11.2. The molecule has 0 radical (unpaired) electrons. The van der Waals surface area contributed by atoms with Crippen LogP contribution in [0.5, 0.6) is 0 Å². The maximum absolute atomic E-state index is 2.55. The Balaban J connectivity index is 0.00000267. The molecule has 3 heteroatoms. The molecule has 0 aliphatic rings. The minimum Gasteiger partial charge on any atom is -1.00 e. The fraction of sp³-hybridized carbons (Fsp3) is 0.182. The second-order valence-corrected chi connectivity index (χ2v) is 9.54. The summed E-state index contributed by atoms with van der Waals surface area (Å²) in [6.07, 6.45) is 3.45. The lowest BCUT2D eigenvalue weighted by atomic mass is 10.1. The van der Waals surface area contributed by atoms with Crippen molar-refractivity contribution in [3.63, 3.8) is 0 Å². The van der Waals surface area contributed by atoms with Gasteiger partial charge in [0.25, 0.3) is 5.82 Å². The second-order valence-electron chi connectivity index (χ2n) is 9.54. The first-order valence-electron chi connectivity index (χ1n) is 12.8. The van der Waals surface area contributed by atoms with E-state index in [1.807, 2.05) is 0 Å². The Kier molecular flexibility index (Phi) is 7.20. The number of rotatable bonds is 7. The summed E-state index contributed by atoms with van der Waals surface area (Å²) in [4.78, 5) is 0. The van der Waals surface area contributed by atoms with Crippen molar-refractivity contribution >= 4 is 32.6 Å². The van der Waals surface area contributed by atoms with E-state index in [-0.39, 0.29) is 17.0 Å². The summed E-state index contributed by atoms with van der Waals surface area (Å²) < 4.78 is 5.10. The number of aromatic nitrogens is 2. The summed E-state index contributed by atoms with van der Waals surface area (Å²) in [5.74, 6) is 1.41. The molecular formula is C33H31BrN2. The number of nitrogens with zero attached hydrogens (tertiary/aromatic N) is 2. The van der Waals surface area contributed by atoms with E-state index < -0.39 is 0 Å². The molecule has 0 spiro atoms. The van der Waals surface area contributed by atoms with Gasteiger partial charge in [-0.25, -0.2) is 9.13 Å². The molecule has 0 saturated heterocycles. The highest BCUT2D eigenvalue weighted by Crippen LogP contribution is 2.22. The molecule has 0 unspecified atom stereocenters. The molecule has 180 valence electrons. The Morgan fingerprint density at radius 3 is 1.92 bits per heavy atom. The number of benzene rings is 5. The molecule has 0 amide bonds. The summed E-state index contributed by atoms with van der Waals surface area (Å²) >= 11 is 0. The van der Waals surface area contributed by atoms with Gasteiger partial charge in [0, 0.05) is 6.42 Å². The van der Waals surface area contributed by atoms with E-state index >= 15 is 0 Å². The van der Waals surface area contributed by atoms with Gasteiger partial charge in [0.2, 0.25) is 0 Å². The first kappa shape index (κ1) is 24.3. The summed E-state index contributed by atoms with van der Waals surface area (Å²) in [6.45, 7) is 4.05. The third-order valence-electron chi connectivity index (χ3n) is 7.15. The number of imidazole rings is 1. The van der Waals surface area contributed by atoms with Crippen LogP contribution in [-0.2, 0) is 19.5 Å². The predicted octanol–water partition coefficient (Wildman–Crippen LogP) is 4.68. The van der Waals surface area contributed by atoms with Crippen LogP contribution in [-0.4, -0.2) is 4.57 Å². The Labute approximate surface area is 223 Å². The Morgan fingerprint density at radius 2 is 1.22 bits per heavy atom. The quantitative estimate of drug-likeness (QED) is 0.263. The maximum Gasteiger partial charge on any atom is 0.257 e. The van der Waals surface area contributed by atoms with Gasteiger partial charge in [-0.3, -0.25) is 0 Å². The monoisotopic (exact) mass is 534 g/mol. The third-order valence-corrected chi connectivity index (χ3v) is 7.15. The number of unbranched alkanes of at least 4 members (excludes halogenated alkanes) is 1. The van der Waals surface area contributed by atoms with E-state index in [2.05, 4.69) is 125 Å². The van der Waals surface area contributed by atoms with E-state index in [1.165, 1.54) is 62.4 Å². The van der Waals surface area contributed by atoms with Crippen LogP contribution >= 0.6 is 0 Å². The summed E-state index contributed by atoms with van der Waals surface area (Å²) in [5, 5.41) is 5.21. The van der Waals surface area contributed by atoms with E-state index in [0.717, 1.165) is 19.5 Å². The van der Waals surface area contributed by atoms with Crippen LogP contribution in [0.15, 0.2) is 109 Å². The van der Waals surface area contributed by atoms with Crippen LogP contribution in [0, 0.1) is 0 Å². The number of hydrogen-bond acceptors (Lipinski definition) is 0. The molecule has 2 nitrogen and oxygen atoms in total. The highest BCUT2D eigenvalue weighted by Gasteiger charge is 2.24. The topological polar surface area (TPSA) is 8.81 Å². The maximum atomic E-state index is 2.55. The van der Waals surface area contributed by atoms with Gasteiger partial charge >= 0.3 is 0 Å². The van der Waals surface area contributed by atoms with Gasteiger partial charge in [-0.05, 0) is 63.4 Å². The fourth-order valence-electron chi connectivity index (χ4n) is 5.34. The van der Waals surface area contributed by atoms with Gasteiger partial charge in [-0.2, -0.15) is 0 Å². The molecule has 0 aliphatic heterocycles. The fourth-order valence-corrected chi connectivity index (χ4v) is 5.34. The zero-order valence-electron chi connectivity index (χ0n) is 20.7. The molecule has 5 aromatic carbocycles. The lowest BCUT2D eigenvalue weighted by Crippen LogP contribution is -3.00. The summed E-state index contributed by atoms with van der Waals surface area (Å²) in [6, 6.07) is 40.0. The molecule has 0 saturated carbocycles. The van der Waals surface area contributed by atoms with Crippen molar-refractivity contribution in [3.8, 4) is 0 Å². The third kappa shape index (κ3) is 4.68. The second kappa shape index (κ2) is 10.7. The van der Waals surface area contributed by atoms with Crippen molar-refractivity contribution in [1.82, 2.24) is 4.57 Å². The van der Waals surface area contributed by atoms with Crippen molar-refractivity contribution in [2.45, 2.75) is 39.3 Å². The molecule has 0 bridgehead atoms. The van der Waals surface area contributed by atoms with Crippen molar-refractivity contribution in [1.29, 1.82) is 0 Å². The molecule has 36 heavy (non-hydrogen) atoms. The van der Waals surface area contributed by atoms with Crippen molar-refractivity contribution < 1.29 is 21.5 Å². The van der Waals surface area contributed by atoms with Crippen molar-refractivity contribution in [2.75, 3.05) is 0 Å². The Hall–Kier alpha value is -3.43. The zero-order chi connectivity index (χ0) is 23.6. The predicted molar refractivity (Wildman–Crippen MR) is 147 cm³/mol. The average Bonchev–Trinajstić information content (AvgIpc) is 3.19. The molecule has 0 aliphatic carbocycles. The average molecular weight is 536 g/mol. The van der Waals surface area contributed by atoms with E-state index in [9.17, 15) is 0 Å². The highest BCUT2D eigenvalue weighted by atomic mass is 79.9. The SMILES string of the molecule is CCCCc1n(Cc2ccc3ccccc3c2)c2ccccc2[n+]1Cc1ccc2ccccc2c1.[Br-]. The first-order chi connectivity index (χ1) is 17.3. The number of fused-ring (bicyclic) bond motifs is 3. The van der Waals surface area contributed by atoms with Crippen LogP contribution in [0.2, 0.25) is 0 Å². The molecule has 1 heterocycles. The van der Waals surface area contributed by atoms with Gasteiger partial charge in [0.05, 0.1) is 0 Å². The van der Waals surface area contributed by atoms with E-state index in [0.29, 0.717) is 0 Å². The van der Waals surface area contributed by atoms with Crippen molar-refractivity contribution in [3.05, 3.63) is 126 Å². The van der Waals surface area contributed by atoms with Crippen LogP contribution in [0.25, 0.3) is 32.6 Å². The lowest BCUT2D eigenvalue weighted by Gasteiger charge is -2.08. The zero-order valence-corrected chi connectivity index (χ0v) is 22.3. The van der Waals surface area contributed by atoms with E-state index in [4.69, 9.17) is 0 Å². The minimum absolute atomic E-state index is 0. The lowest BCUT2D eigenvalue weighted by molar-refractivity contribution is -0.671. The van der Waals surface area contributed by atoms with Crippen molar-refractivity contribution in [2.24, 2.45) is 0 Å². The van der Waals surface area contributed by atoms with Gasteiger partial charge in [0.15, 0.2) is 11.0 Å². The van der Waals surface area contributed by atoms with Crippen LogP contribution in [0.1, 0.15) is 36.7 Å². The summed E-state index contributed by atoms with van der Waals surface area (Å²) in [5.41, 5.74) is 5.32. The largest absolute Gasteiger partial charge is 1.00 e. The number of halogens is 1. The van der Waals surface area contributed by atoms with E-state index in [1.54, 1.807) is 0 Å². The summed E-state index contributed by atoms with van der Waals surface area (Å²) in [7, 11) is 0. The van der Waals surface area contributed by atoms with Gasteiger partial charge in [-0.1, -0.05) is 98.3 Å². The molecule has 0 atom stereocenters. The molecule has 6 rings (SSSR count). The van der Waals surface area contributed by atoms with Gasteiger partial charge in [-0.15, -0.1) is 0 Å². The standard InChI is InChI=1S/C33H31N2.BrH/c1-2-3-16-33-34(23-25-17-19-27-10-4-6-12-29(27)21-25)31-14-8-9-15-32(31)35(33)24-26-18-20-28-11-5-7-13-30(28)22-26;/h4-15,17-22H,2-3,16,23-24H2,1H3;1H/q+1;/p-1. The first-order valence-corrected chi connectivity index (χ1v) is 12.8. The molecule has 0 N–H and O–H groups in total. The number of hydrogen-bond donors (Lipinski definition) is 0. The number of para-hydroxylation sites is 2. The van der Waals surface area contributed by atoms with Crippen LogP contribution in [0.3, 0.4) is 0 Å². The molecular weight excluding hydrogens is 504 g/mol. The highest BCUT2D eigenvalue weighted by molar-refractivity contribution is 5.84.